The number of benzene rings is 3. The number of H-pyrrole nitrogens is 1. The molecule has 8 nitrogen and oxygen atoms in total. The topological polar surface area (TPSA) is 73.4 Å². The van der Waals surface area contributed by atoms with E-state index in [1.165, 1.54) is 4.90 Å². The lowest BCUT2D eigenvalue weighted by Gasteiger charge is -2.42. The van der Waals surface area contributed by atoms with Crippen molar-refractivity contribution in [1.82, 2.24) is 19.7 Å². The smallest absolute Gasteiger partial charge is 0.394 e. The summed E-state index contributed by atoms with van der Waals surface area (Å²) in [6, 6.07) is 17.7. The quantitative estimate of drug-likeness (QED) is 0.0809. The van der Waals surface area contributed by atoms with Crippen molar-refractivity contribution >= 4 is 22.5 Å². The average Bonchev–Trinajstić information content (AvgIpc) is 3.53. The minimum atomic E-state index is -5.07. The van der Waals surface area contributed by atoms with Gasteiger partial charge in [0.05, 0.1) is 30.1 Å². The number of morpholine rings is 1. The first-order valence-electron chi connectivity index (χ1n) is 16.9. The fourth-order valence-electron chi connectivity index (χ4n) is 6.62. The van der Waals surface area contributed by atoms with Gasteiger partial charge in [-0.3, -0.25) is 14.6 Å². The van der Waals surface area contributed by atoms with Gasteiger partial charge in [0, 0.05) is 80.9 Å². The Morgan fingerprint density at radius 1 is 0.824 bits per heavy atom. The number of nitrogens with one attached hydrogen (secondary N) is 1. The van der Waals surface area contributed by atoms with Crippen molar-refractivity contribution in [2.45, 2.75) is 31.2 Å². The molecule has 51 heavy (non-hydrogen) atoms. The van der Waals surface area contributed by atoms with Gasteiger partial charge in [-0.05, 0) is 41.8 Å². The van der Waals surface area contributed by atoms with Gasteiger partial charge in [-0.2, -0.15) is 26.3 Å². The van der Waals surface area contributed by atoms with Crippen LogP contribution in [0.25, 0.3) is 10.9 Å². The number of nitrogens with zero attached hydrogens (tertiary/aromatic N) is 4. The number of para-hydroxylation sites is 1. The summed E-state index contributed by atoms with van der Waals surface area (Å²) in [4.78, 5) is 28.7. The number of fused-ring (bicyclic) bond motifs is 1. The van der Waals surface area contributed by atoms with Crippen LogP contribution in [0.3, 0.4) is 0 Å². The van der Waals surface area contributed by atoms with E-state index in [0.29, 0.717) is 64.4 Å². The van der Waals surface area contributed by atoms with Crippen LogP contribution in [-0.2, 0) is 28.3 Å². The molecule has 1 atom stereocenters. The molecule has 1 amide bonds. The number of oxime groups is 1. The zero-order valence-corrected chi connectivity index (χ0v) is 27.8. The maximum atomic E-state index is 13.9. The number of rotatable bonds is 11. The lowest BCUT2D eigenvalue weighted by Crippen LogP contribution is -2.56. The number of carbonyl (C=O) groups excluding carboxylic acids is 1. The van der Waals surface area contributed by atoms with E-state index in [1.54, 1.807) is 0 Å². The monoisotopic (exact) mass is 715 g/mol. The van der Waals surface area contributed by atoms with Crippen LogP contribution >= 0.6 is 0 Å². The first-order valence-corrected chi connectivity index (χ1v) is 16.9. The zero-order chi connectivity index (χ0) is 36.0. The zero-order valence-electron chi connectivity index (χ0n) is 27.8. The molecule has 1 aromatic heterocycles. The summed E-state index contributed by atoms with van der Waals surface area (Å²) in [5.74, 6) is -0.878. The summed E-state index contributed by atoms with van der Waals surface area (Å²) in [5, 5.41) is 5.42. The molecule has 4 aromatic rings. The van der Waals surface area contributed by atoms with Crippen LogP contribution in [0.2, 0.25) is 0 Å². The van der Waals surface area contributed by atoms with E-state index >= 15 is 0 Å². The van der Waals surface area contributed by atoms with Crippen molar-refractivity contribution in [3.8, 4) is 0 Å². The highest BCUT2D eigenvalue weighted by molar-refractivity contribution is 6.00. The maximum absolute atomic E-state index is 13.9. The second kappa shape index (κ2) is 15.9. The van der Waals surface area contributed by atoms with Gasteiger partial charge in [-0.1, -0.05) is 53.7 Å². The van der Waals surface area contributed by atoms with Gasteiger partial charge in [-0.25, -0.2) is 0 Å². The van der Waals surface area contributed by atoms with Gasteiger partial charge in [0.1, 0.15) is 6.61 Å². The maximum Gasteiger partial charge on any atom is 0.416 e. The Hall–Kier alpha value is -4.40. The molecule has 0 saturated carbocycles. The molecular weight excluding hydrogens is 676 g/mol. The van der Waals surface area contributed by atoms with Gasteiger partial charge in [0.25, 0.3) is 5.91 Å². The first kappa shape index (κ1) is 36.4. The van der Waals surface area contributed by atoms with Crippen molar-refractivity contribution in [2.75, 3.05) is 65.6 Å². The minimum absolute atomic E-state index is 0.0381. The number of ether oxygens (including phenoxy) is 1. The second-order valence-electron chi connectivity index (χ2n) is 12.8. The van der Waals surface area contributed by atoms with Crippen LogP contribution in [0.5, 0.6) is 0 Å². The number of amides is 1. The van der Waals surface area contributed by atoms with Crippen molar-refractivity contribution in [1.29, 1.82) is 0 Å². The van der Waals surface area contributed by atoms with E-state index in [9.17, 15) is 31.1 Å². The number of piperazine rings is 1. The Bertz CT molecular complexity index is 1770. The number of hydrogen-bond acceptors (Lipinski definition) is 6. The molecule has 6 rings (SSSR count). The first-order chi connectivity index (χ1) is 24.5. The van der Waals surface area contributed by atoms with Crippen molar-refractivity contribution in [3.63, 3.8) is 0 Å². The van der Waals surface area contributed by atoms with Crippen LogP contribution in [0.15, 0.2) is 84.1 Å². The molecule has 2 fully saturated rings. The van der Waals surface area contributed by atoms with Crippen LogP contribution in [0.1, 0.15) is 39.0 Å². The minimum Gasteiger partial charge on any atom is -0.394 e. The summed E-state index contributed by atoms with van der Waals surface area (Å²) in [7, 11) is 0. The largest absolute Gasteiger partial charge is 0.416 e. The van der Waals surface area contributed by atoms with Crippen LogP contribution in [0, 0.1) is 0 Å². The molecule has 0 aliphatic carbocycles. The third-order valence-electron chi connectivity index (χ3n) is 9.34. The van der Waals surface area contributed by atoms with Crippen molar-refractivity contribution in [2.24, 2.45) is 5.16 Å². The SMILES string of the molecule is O=C(c1cc(C(F)(F)F)cc(C(F)(F)F)c1)N1CCN(CC/C(=N\OCCN2CCOCC2)c2ccccc2)C[C@H]1Cc1c[nH]c2ccccc12. The summed E-state index contributed by atoms with van der Waals surface area (Å²) in [6.45, 7) is 5.53. The van der Waals surface area contributed by atoms with Crippen molar-refractivity contribution in [3.05, 3.63) is 107 Å². The molecule has 3 aromatic carbocycles. The van der Waals surface area contributed by atoms with Crippen LogP contribution < -0.4 is 0 Å². The molecule has 2 aliphatic heterocycles. The third-order valence-corrected chi connectivity index (χ3v) is 9.34. The molecule has 0 radical (unpaired) electrons. The predicted octanol–water partition coefficient (Wildman–Crippen LogP) is 6.72. The molecule has 2 aliphatic rings. The number of halogens is 6. The normalized spacial score (nSPS) is 18.4. The van der Waals surface area contributed by atoms with E-state index in [-0.39, 0.29) is 12.6 Å². The van der Waals surface area contributed by atoms with Gasteiger partial charge in [0.15, 0.2) is 0 Å². The lowest BCUT2D eigenvalue weighted by atomic mass is 9.98. The molecule has 0 unspecified atom stereocenters. The van der Waals surface area contributed by atoms with Crippen LogP contribution in [-0.4, -0.2) is 103 Å². The van der Waals surface area contributed by atoms with Gasteiger partial charge >= 0.3 is 12.4 Å². The van der Waals surface area contributed by atoms with E-state index in [4.69, 9.17) is 9.57 Å². The summed E-state index contributed by atoms with van der Waals surface area (Å²) < 4.78 is 87.6. The van der Waals surface area contributed by atoms with Crippen molar-refractivity contribution < 1.29 is 40.7 Å². The van der Waals surface area contributed by atoms with E-state index in [1.807, 2.05) is 60.8 Å². The standard InChI is InChI=1S/C37H39F6N5O3/c38-36(39,40)29-20-27(21-30(23-29)37(41,42)43)35(49)48-13-12-47(25-31(48)22-28-24-44-34-9-5-4-8-32(28)34)11-10-33(26-6-2-1-3-7-26)45-51-19-16-46-14-17-50-18-15-46/h1-9,20-21,23-24,31,44H,10-19,22,25H2/b45-33+/t31-/m1/s1. The fourth-order valence-corrected chi connectivity index (χ4v) is 6.62. The Morgan fingerprint density at radius 3 is 2.22 bits per heavy atom. The number of alkyl halides is 6. The van der Waals surface area contributed by atoms with Gasteiger partial charge in [0.2, 0.25) is 0 Å². The highest BCUT2D eigenvalue weighted by Crippen LogP contribution is 2.37. The predicted molar refractivity (Wildman–Crippen MR) is 181 cm³/mol. The average molecular weight is 716 g/mol. The summed E-state index contributed by atoms with van der Waals surface area (Å²) in [5.41, 5.74) is -0.286. The molecule has 14 heteroatoms. The summed E-state index contributed by atoms with van der Waals surface area (Å²) >= 11 is 0. The van der Waals surface area contributed by atoms with Crippen LogP contribution in [0.4, 0.5) is 26.3 Å². The van der Waals surface area contributed by atoms with Gasteiger partial charge in [-0.15, -0.1) is 0 Å². The molecule has 272 valence electrons. The molecular formula is C37H39F6N5O3. The molecule has 2 saturated heterocycles. The highest BCUT2D eigenvalue weighted by atomic mass is 19.4. The lowest BCUT2D eigenvalue weighted by molar-refractivity contribution is -0.143. The number of aromatic amines is 1. The number of carbonyl (C=O) groups is 1. The van der Waals surface area contributed by atoms with E-state index in [0.717, 1.165) is 47.4 Å². The Balaban J connectivity index is 1.22. The second-order valence-corrected chi connectivity index (χ2v) is 12.8. The number of aromatic nitrogens is 1. The Morgan fingerprint density at radius 2 is 1.51 bits per heavy atom. The molecule has 3 heterocycles. The van der Waals surface area contributed by atoms with E-state index in [2.05, 4.69) is 19.9 Å². The number of hydrogen-bond donors (Lipinski definition) is 1. The van der Waals surface area contributed by atoms with E-state index < -0.39 is 41.0 Å². The molecule has 1 N–H and O–H groups in total. The fraction of sp³-hybridized carbons (Fsp3) is 0.405. The third kappa shape index (κ3) is 9.29. The molecule has 0 bridgehead atoms. The Kier molecular flexibility index (Phi) is 11.3. The summed E-state index contributed by atoms with van der Waals surface area (Å²) in [6.07, 6.45) is -7.46. The molecule has 0 spiro atoms. The van der Waals surface area contributed by atoms with Gasteiger partial charge < -0.3 is 19.5 Å². The Labute approximate surface area is 291 Å². The highest BCUT2D eigenvalue weighted by Gasteiger charge is 2.39.